The van der Waals surface area contributed by atoms with E-state index in [9.17, 15) is 0 Å². The molecule has 0 saturated carbocycles. The number of allylic oxidation sites excluding steroid dienone is 5. The SMILES string of the molecule is ICCCOCC=CC1=C(C2=COC=CO2)CCC=C1. The third kappa shape index (κ3) is 4.83. The van der Waals surface area contributed by atoms with Crippen molar-refractivity contribution in [2.24, 2.45) is 0 Å². The highest BCUT2D eigenvalue weighted by atomic mass is 127. The van der Waals surface area contributed by atoms with Gasteiger partial charge in [-0.3, -0.25) is 0 Å². The van der Waals surface area contributed by atoms with E-state index in [0.717, 1.165) is 36.1 Å². The van der Waals surface area contributed by atoms with Crippen LogP contribution in [0.2, 0.25) is 0 Å². The summed E-state index contributed by atoms with van der Waals surface area (Å²) in [5, 5.41) is 0. The van der Waals surface area contributed by atoms with Crippen molar-refractivity contribution in [2.45, 2.75) is 19.3 Å². The van der Waals surface area contributed by atoms with Gasteiger partial charge in [-0.15, -0.1) is 0 Å². The predicted octanol–water partition coefficient (Wildman–Crippen LogP) is 4.39. The Morgan fingerprint density at radius 1 is 1.35 bits per heavy atom. The Morgan fingerprint density at radius 2 is 2.30 bits per heavy atom. The molecule has 0 saturated heterocycles. The molecule has 108 valence electrons. The van der Waals surface area contributed by atoms with Gasteiger partial charge in [0.1, 0.15) is 18.8 Å². The van der Waals surface area contributed by atoms with Crippen LogP contribution in [0.3, 0.4) is 0 Å². The normalized spacial score (nSPS) is 18.1. The molecule has 3 nitrogen and oxygen atoms in total. The van der Waals surface area contributed by atoms with Crippen LogP contribution in [0.5, 0.6) is 0 Å². The van der Waals surface area contributed by atoms with Gasteiger partial charge in [0.2, 0.25) is 0 Å². The zero-order valence-corrected chi connectivity index (χ0v) is 13.5. The standard InChI is InChI=1S/C16H19IO3/c17-8-4-10-18-9-3-6-14-5-1-2-7-15(14)16-13-19-11-12-20-16/h1,3,5-6,11-13H,2,4,7-10H2. The predicted molar refractivity (Wildman–Crippen MR) is 88.3 cm³/mol. The monoisotopic (exact) mass is 386 g/mol. The molecule has 2 aliphatic rings. The molecule has 1 heterocycles. The summed E-state index contributed by atoms with van der Waals surface area (Å²) in [6.07, 6.45) is 16.3. The van der Waals surface area contributed by atoms with E-state index in [1.54, 1.807) is 12.5 Å². The Bertz CT molecular complexity index is 458. The molecule has 0 radical (unpaired) electrons. The highest BCUT2D eigenvalue weighted by Crippen LogP contribution is 2.28. The largest absolute Gasteiger partial charge is 0.466 e. The van der Waals surface area contributed by atoms with Crippen LogP contribution in [-0.4, -0.2) is 17.6 Å². The van der Waals surface area contributed by atoms with Gasteiger partial charge in [0.15, 0.2) is 5.76 Å². The van der Waals surface area contributed by atoms with Crippen LogP contribution < -0.4 is 0 Å². The Hall–Kier alpha value is -1.01. The highest BCUT2D eigenvalue weighted by molar-refractivity contribution is 14.1. The van der Waals surface area contributed by atoms with Gasteiger partial charge in [-0.2, -0.15) is 0 Å². The van der Waals surface area contributed by atoms with Crippen molar-refractivity contribution in [3.05, 3.63) is 60.0 Å². The van der Waals surface area contributed by atoms with Crippen molar-refractivity contribution in [2.75, 3.05) is 17.6 Å². The van der Waals surface area contributed by atoms with E-state index in [1.807, 2.05) is 0 Å². The van der Waals surface area contributed by atoms with Crippen LogP contribution in [0, 0.1) is 0 Å². The van der Waals surface area contributed by atoms with Gasteiger partial charge in [0, 0.05) is 16.6 Å². The quantitative estimate of drug-likeness (QED) is 0.369. The van der Waals surface area contributed by atoms with Gasteiger partial charge in [0.25, 0.3) is 0 Å². The summed E-state index contributed by atoms with van der Waals surface area (Å²) in [5.41, 5.74) is 2.35. The summed E-state index contributed by atoms with van der Waals surface area (Å²) >= 11 is 2.36. The molecule has 2 rings (SSSR count). The first kappa shape index (κ1) is 15.4. The molecule has 0 aromatic rings. The lowest BCUT2D eigenvalue weighted by atomic mass is 9.96. The first-order valence-corrected chi connectivity index (χ1v) is 8.32. The molecule has 0 N–H and O–H groups in total. The summed E-state index contributed by atoms with van der Waals surface area (Å²) in [6, 6.07) is 0. The van der Waals surface area contributed by atoms with Crippen LogP contribution in [0.4, 0.5) is 0 Å². The molecule has 0 fully saturated rings. The third-order valence-corrected chi connectivity index (χ3v) is 3.71. The zero-order chi connectivity index (χ0) is 14.0. The number of ether oxygens (including phenoxy) is 3. The number of hydrogen-bond acceptors (Lipinski definition) is 3. The van der Waals surface area contributed by atoms with Crippen LogP contribution in [-0.2, 0) is 14.2 Å². The molecule has 0 unspecified atom stereocenters. The van der Waals surface area contributed by atoms with Crippen LogP contribution >= 0.6 is 22.6 Å². The minimum absolute atomic E-state index is 0.650. The maximum Gasteiger partial charge on any atom is 0.165 e. The first-order valence-electron chi connectivity index (χ1n) is 6.79. The molecule has 20 heavy (non-hydrogen) atoms. The molecule has 0 spiro atoms. The Morgan fingerprint density at radius 3 is 3.10 bits per heavy atom. The van der Waals surface area contributed by atoms with Gasteiger partial charge in [-0.05, 0) is 24.8 Å². The highest BCUT2D eigenvalue weighted by Gasteiger charge is 2.14. The van der Waals surface area contributed by atoms with Crippen LogP contribution in [0.15, 0.2) is 60.0 Å². The fraction of sp³-hybridized carbons (Fsp3) is 0.375. The lowest BCUT2D eigenvalue weighted by Gasteiger charge is -2.17. The molecule has 0 aromatic carbocycles. The molecular weight excluding hydrogens is 367 g/mol. The molecule has 0 aromatic heterocycles. The molecule has 0 atom stereocenters. The topological polar surface area (TPSA) is 27.7 Å². The van der Waals surface area contributed by atoms with Crippen molar-refractivity contribution < 1.29 is 14.2 Å². The average molecular weight is 386 g/mol. The van der Waals surface area contributed by atoms with Crippen molar-refractivity contribution in [3.63, 3.8) is 0 Å². The summed E-state index contributed by atoms with van der Waals surface area (Å²) in [7, 11) is 0. The Balaban J connectivity index is 1.95. The number of hydrogen-bond donors (Lipinski definition) is 0. The van der Waals surface area contributed by atoms with Gasteiger partial charge < -0.3 is 14.2 Å². The van der Waals surface area contributed by atoms with E-state index in [1.165, 1.54) is 17.4 Å². The summed E-state index contributed by atoms with van der Waals surface area (Å²) in [5.74, 6) is 0.794. The van der Waals surface area contributed by atoms with E-state index in [4.69, 9.17) is 14.2 Å². The van der Waals surface area contributed by atoms with Crippen molar-refractivity contribution in [1.29, 1.82) is 0 Å². The third-order valence-electron chi connectivity index (χ3n) is 2.94. The number of alkyl halides is 1. The van der Waals surface area contributed by atoms with Gasteiger partial charge in [-0.25, -0.2) is 0 Å². The van der Waals surface area contributed by atoms with E-state index < -0.39 is 0 Å². The Kier molecular flexibility index (Phi) is 6.94. The van der Waals surface area contributed by atoms with E-state index in [0.29, 0.717) is 6.61 Å². The molecule has 4 heteroatoms. The minimum Gasteiger partial charge on any atom is -0.466 e. The maximum atomic E-state index is 5.53. The zero-order valence-electron chi connectivity index (χ0n) is 11.4. The summed E-state index contributed by atoms with van der Waals surface area (Å²) < 4.78 is 17.3. The fourth-order valence-electron chi connectivity index (χ4n) is 1.99. The van der Waals surface area contributed by atoms with Crippen molar-refractivity contribution in [3.8, 4) is 0 Å². The van der Waals surface area contributed by atoms with E-state index >= 15 is 0 Å². The van der Waals surface area contributed by atoms with Crippen molar-refractivity contribution in [1.82, 2.24) is 0 Å². The minimum atomic E-state index is 0.650. The average Bonchev–Trinajstić information content (AvgIpc) is 2.52. The van der Waals surface area contributed by atoms with Gasteiger partial charge >= 0.3 is 0 Å². The maximum absolute atomic E-state index is 5.53. The molecule has 0 amide bonds. The van der Waals surface area contributed by atoms with Gasteiger partial charge in [0.05, 0.1) is 6.61 Å². The first-order chi connectivity index (χ1) is 9.92. The second-order valence-corrected chi connectivity index (χ2v) is 5.48. The molecule has 1 aliphatic carbocycles. The van der Waals surface area contributed by atoms with Gasteiger partial charge in [-0.1, -0.05) is 46.9 Å². The smallest absolute Gasteiger partial charge is 0.165 e. The molecular formula is C16H19IO3. The second kappa shape index (κ2) is 9.02. The number of halogens is 1. The summed E-state index contributed by atoms with van der Waals surface area (Å²) in [4.78, 5) is 0. The molecule has 0 bridgehead atoms. The fourth-order valence-corrected chi connectivity index (χ4v) is 2.30. The van der Waals surface area contributed by atoms with E-state index in [-0.39, 0.29) is 0 Å². The lowest BCUT2D eigenvalue weighted by Crippen LogP contribution is -2.02. The van der Waals surface area contributed by atoms with Crippen LogP contribution in [0.1, 0.15) is 19.3 Å². The number of rotatable bonds is 7. The van der Waals surface area contributed by atoms with Crippen LogP contribution in [0.25, 0.3) is 0 Å². The Labute approximate surface area is 133 Å². The van der Waals surface area contributed by atoms with E-state index in [2.05, 4.69) is 46.9 Å². The lowest BCUT2D eigenvalue weighted by molar-refractivity contribution is 0.164. The summed E-state index contributed by atoms with van der Waals surface area (Å²) in [6.45, 7) is 1.47. The van der Waals surface area contributed by atoms with Crippen molar-refractivity contribution >= 4 is 22.6 Å². The molecule has 1 aliphatic heterocycles. The second-order valence-electron chi connectivity index (χ2n) is 4.40.